The number of Topliss-reactive ketones (excluding diaryl/α,β-unsaturated/α-hetero) is 1. The molecule has 0 radical (unpaired) electrons. The predicted molar refractivity (Wildman–Crippen MR) is 70.1 cm³/mol. The van der Waals surface area contributed by atoms with E-state index in [2.05, 4.69) is 0 Å². The van der Waals surface area contributed by atoms with Crippen LogP contribution in [0.25, 0.3) is 0 Å². The van der Waals surface area contributed by atoms with Crippen LogP contribution < -0.4 is 4.74 Å². The summed E-state index contributed by atoms with van der Waals surface area (Å²) in [6.45, 7) is 1.62. The number of carbonyl (C=O) groups excluding carboxylic acids is 1. The van der Waals surface area contributed by atoms with Crippen LogP contribution in [0.1, 0.15) is 27.4 Å². The molecule has 20 heavy (non-hydrogen) atoms. The van der Waals surface area contributed by atoms with Crippen molar-refractivity contribution in [1.82, 2.24) is 0 Å². The largest absolute Gasteiger partial charge is 0.492 e. The summed E-state index contributed by atoms with van der Waals surface area (Å²) in [4.78, 5) is 12.4. The number of carbonyl (C=O) groups is 1. The van der Waals surface area contributed by atoms with Gasteiger partial charge < -0.3 is 4.74 Å². The van der Waals surface area contributed by atoms with Crippen LogP contribution in [-0.4, -0.2) is 12.4 Å². The number of rotatable bonds is 2. The Bertz CT molecular complexity index is 695. The molecule has 2 aromatic carbocycles. The van der Waals surface area contributed by atoms with E-state index < -0.39 is 23.3 Å². The van der Waals surface area contributed by atoms with E-state index in [0.717, 1.165) is 17.7 Å². The van der Waals surface area contributed by atoms with Gasteiger partial charge in [-0.05, 0) is 30.7 Å². The van der Waals surface area contributed by atoms with Crippen molar-refractivity contribution >= 4 is 5.78 Å². The molecule has 1 unspecified atom stereocenters. The Kier molecular flexibility index (Phi) is 3.01. The van der Waals surface area contributed by atoms with Crippen molar-refractivity contribution in [3.63, 3.8) is 0 Å². The van der Waals surface area contributed by atoms with Crippen molar-refractivity contribution in [1.29, 1.82) is 0 Å². The summed E-state index contributed by atoms with van der Waals surface area (Å²) in [6.07, 6.45) is 0. The molecule has 2 aromatic rings. The van der Waals surface area contributed by atoms with Gasteiger partial charge in [0, 0.05) is 5.56 Å². The maximum absolute atomic E-state index is 13.9. The van der Waals surface area contributed by atoms with E-state index in [0.29, 0.717) is 5.75 Å². The Morgan fingerprint density at radius 3 is 2.75 bits per heavy atom. The maximum Gasteiger partial charge on any atom is 0.176 e. The van der Waals surface area contributed by atoms with Crippen molar-refractivity contribution < 1.29 is 18.3 Å². The highest BCUT2D eigenvalue weighted by molar-refractivity contribution is 6.02. The molecule has 0 saturated heterocycles. The molecule has 0 amide bonds. The number of fused-ring (bicyclic) bond motifs is 1. The van der Waals surface area contributed by atoms with Crippen molar-refractivity contribution in [2.75, 3.05) is 6.61 Å². The molecule has 0 N–H and O–H groups in total. The lowest BCUT2D eigenvalue weighted by Crippen LogP contribution is -2.16. The molecule has 0 aliphatic carbocycles. The molecular weight excluding hydrogens is 262 g/mol. The van der Waals surface area contributed by atoms with Gasteiger partial charge in [0.1, 0.15) is 24.0 Å². The van der Waals surface area contributed by atoms with Gasteiger partial charge in [0.2, 0.25) is 0 Å². The zero-order valence-electron chi connectivity index (χ0n) is 10.8. The molecule has 4 heteroatoms. The third-order valence-corrected chi connectivity index (χ3v) is 3.53. The molecule has 102 valence electrons. The Hall–Kier alpha value is -2.23. The average molecular weight is 274 g/mol. The van der Waals surface area contributed by atoms with E-state index in [4.69, 9.17) is 4.74 Å². The van der Waals surface area contributed by atoms with Crippen LogP contribution in [0.4, 0.5) is 8.78 Å². The Labute approximate surface area is 115 Å². The standard InChI is InChI=1S/C16H12F2O2/c1-9-6-14(18)11(7-13(9)17)16(19)12-8-20-15-5-3-2-4-10(12)15/h2-7,12H,8H2,1H3. The first-order chi connectivity index (χ1) is 9.58. The monoisotopic (exact) mass is 274 g/mol. The summed E-state index contributed by atoms with van der Waals surface area (Å²) in [7, 11) is 0. The number of benzene rings is 2. The molecule has 2 nitrogen and oxygen atoms in total. The number of ketones is 1. The summed E-state index contributed by atoms with van der Waals surface area (Å²) in [5.41, 5.74) is 0.679. The zero-order valence-corrected chi connectivity index (χ0v) is 10.8. The Balaban J connectivity index is 2.01. The van der Waals surface area contributed by atoms with Gasteiger partial charge in [-0.25, -0.2) is 8.78 Å². The summed E-state index contributed by atoms with van der Waals surface area (Å²) in [6, 6.07) is 9.14. The van der Waals surface area contributed by atoms with Gasteiger partial charge >= 0.3 is 0 Å². The fourth-order valence-electron chi connectivity index (χ4n) is 2.40. The molecular formula is C16H12F2O2. The summed E-state index contributed by atoms with van der Waals surface area (Å²) in [5, 5.41) is 0. The fraction of sp³-hybridized carbons (Fsp3) is 0.188. The van der Waals surface area contributed by atoms with Gasteiger partial charge in [-0.15, -0.1) is 0 Å². The van der Waals surface area contributed by atoms with Crippen LogP contribution in [0.15, 0.2) is 36.4 Å². The molecule has 0 saturated carbocycles. The highest BCUT2D eigenvalue weighted by Crippen LogP contribution is 2.36. The van der Waals surface area contributed by atoms with Gasteiger partial charge in [-0.2, -0.15) is 0 Å². The number of halogens is 2. The van der Waals surface area contributed by atoms with Crippen LogP contribution in [0.5, 0.6) is 5.75 Å². The molecule has 3 rings (SSSR count). The molecule has 0 bridgehead atoms. The second kappa shape index (κ2) is 4.71. The third kappa shape index (κ3) is 1.97. The number of hydrogen-bond acceptors (Lipinski definition) is 2. The van der Waals surface area contributed by atoms with E-state index in [1.807, 2.05) is 0 Å². The van der Waals surface area contributed by atoms with Gasteiger partial charge in [-0.3, -0.25) is 4.79 Å². The van der Waals surface area contributed by atoms with Crippen LogP contribution in [0.3, 0.4) is 0 Å². The zero-order chi connectivity index (χ0) is 14.3. The maximum atomic E-state index is 13.9. The Morgan fingerprint density at radius 1 is 1.20 bits per heavy atom. The Morgan fingerprint density at radius 2 is 1.95 bits per heavy atom. The average Bonchev–Trinajstić information content (AvgIpc) is 2.86. The van der Waals surface area contributed by atoms with Crippen molar-refractivity contribution in [2.24, 2.45) is 0 Å². The molecule has 0 spiro atoms. The number of para-hydroxylation sites is 1. The minimum absolute atomic E-state index is 0.160. The second-order valence-electron chi connectivity index (χ2n) is 4.85. The van der Waals surface area contributed by atoms with Crippen LogP contribution in [-0.2, 0) is 0 Å². The van der Waals surface area contributed by atoms with Gasteiger partial charge in [0.25, 0.3) is 0 Å². The number of aryl methyl sites for hydroxylation is 1. The highest BCUT2D eigenvalue weighted by atomic mass is 19.1. The second-order valence-corrected chi connectivity index (χ2v) is 4.85. The summed E-state index contributed by atoms with van der Waals surface area (Å²) >= 11 is 0. The topological polar surface area (TPSA) is 26.3 Å². The van der Waals surface area contributed by atoms with E-state index in [-0.39, 0.29) is 17.7 Å². The van der Waals surface area contributed by atoms with E-state index in [1.165, 1.54) is 6.92 Å². The normalized spacial score (nSPS) is 16.6. The SMILES string of the molecule is Cc1cc(F)c(C(=O)C2COc3ccccc32)cc1F. The van der Waals surface area contributed by atoms with E-state index in [1.54, 1.807) is 24.3 Å². The smallest absolute Gasteiger partial charge is 0.176 e. The number of ether oxygens (including phenoxy) is 1. The third-order valence-electron chi connectivity index (χ3n) is 3.53. The molecule has 1 aliphatic rings. The predicted octanol–water partition coefficient (Wildman–Crippen LogP) is 3.63. The molecule has 1 aliphatic heterocycles. The van der Waals surface area contributed by atoms with Gasteiger partial charge in [-0.1, -0.05) is 18.2 Å². The fourth-order valence-corrected chi connectivity index (χ4v) is 2.40. The first-order valence-corrected chi connectivity index (χ1v) is 6.29. The first-order valence-electron chi connectivity index (χ1n) is 6.29. The van der Waals surface area contributed by atoms with Gasteiger partial charge in [0.05, 0.1) is 11.5 Å². The molecule has 1 atom stereocenters. The lowest BCUT2D eigenvalue weighted by atomic mass is 9.91. The minimum Gasteiger partial charge on any atom is -0.492 e. The molecule has 1 heterocycles. The lowest BCUT2D eigenvalue weighted by molar-refractivity contribution is 0.0943. The van der Waals surface area contributed by atoms with Crippen LogP contribution in [0, 0.1) is 18.6 Å². The van der Waals surface area contributed by atoms with E-state index in [9.17, 15) is 13.6 Å². The first kappa shape index (κ1) is 12.8. The van der Waals surface area contributed by atoms with Crippen LogP contribution >= 0.6 is 0 Å². The molecule has 0 aromatic heterocycles. The van der Waals surface area contributed by atoms with Gasteiger partial charge in [0.15, 0.2) is 5.78 Å². The quantitative estimate of drug-likeness (QED) is 0.782. The van der Waals surface area contributed by atoms with Crippen LogP contribution in [0.2, 0.25) is 0 Å². The highest BCUT2D eigenvalue weighted by Gasteiger charge is 2.32. The van der Waals surface area contributed by atoms with E-state index >= 15 is 0 Å². The summed E-state index contributed by atoms with van der Waals surface area (Å²) in [5.74, 6) is -1.69. The van der Waals surface area contributed by atoms with Crippen molar-refractivity contribution in [3.8, 4) is 5.75 Å². The van der Waals surface area contributed by atoms with Crippen molar-refractivity contribution in [3.05, 3.63) is 64.7 Å². The number of hydrogen-bond donors (Lipinski definition) is 0. The minimum atomic E-state index is -0.696. The summed E-state index contributed by atoms with van der Waals surface area (Å²) < 4.78 is 32.8. The van der Waals surface area contributed by atoms with Crippen molar-refractivity contribution in [2.45, 2.75) is 12.8 Å². The lowest BCUT2D eigenvalue weighted by Gasteiger charge is -2.10. The molecule has 0 fully saturated rings.